The Hall–Kier alpha value is -2.02. The first-order valence-electron chi connectivity index (χ1n) is 4.78. The summed E-state index contributed by atoms with van der Waals surface area (Å²) < 4.78 is 10.3. The van der Waals surface area contributed by atoms with Gasteiger partial charge in [-0.15, -0.1) is 0 Å². The highest BCUT2D eigenvalue weighted by atomic mass is 16.5. The van der Waals surface area contributed by atoms with Crippen LogP contribution in [0.25, 0.3) is 5.57 Å². The molecule has 84 valence electrons. The Morgan fingerprint density at radius 1 is 1.44 bits per heavy atom. The average molecular weight is 219 g/mol. The van der Waals surface area contributed by atoms with Crippen LogP contribution in [0.4, 0.5) is 0 Å². The number of nitrogens with zero attached hydrogens (tertiary/aromatic N) is 1. The number of nitriles is 1. The van der Waals surface area contributed by atoms with E-state index in [1.165, 1.54) is 13.2 Å². The summed E-state index contributed by atoms with van der Waals surface area (Å²) in [5.74, 6) is 0.908. The summed E-state index contributed by atoms with van der Waals surface area (Å²) >= 11 is 0. The summed E-state index contributed by atoms with van der Waals surface area (Å²) in [4.78, 5) is 11.5. The number of methoxy groups -OCH3 is 1. The molecule has 0 N–H and O–H groups in total. The van der Waals surface area contributed by atoms with E-state index in [0.29, 0.717) is 22.6 Å². The van der Waals surface area contributed by atoms with Crippen LogP contribution >= 0.6 is 0 Å². The van der Waals surface area contributed by atoms with Gasteiger partial charge >= 0.3 is 5.63 Å². The van der Waals surface area contributed by atoms with Gasteiger partial charge in [0.05, 0.1) is 18.7 Å². The van der Waals surface area contributed by atoms with E-state index >= 15 is 0 Å². The van der Waals surface area contributed by atoms with Crippen LogP contribution in [0.1, 0.15) is 23.8 Å². The molecule has 0 unspecified atom stereocenters. The third kappa shape index (κ3) is 1.98. The van der Waals surface area contributed by atoms with Crippen LogP contribution in [0.15, 0.2) is 15.3 Å². The topological polar surface area (TPSA) is 63.2 Å². The van der Waals surface area contributed by atoms with Crippen molar-refractivity contribution < 1.29 is 9.15 Å². The molecule has 0 bridgehead atoms. The minimum atomic E-state index is -0.442. The van der Waals surface area contributed by atoms with E-state index in [1.54, 1.807) is 20.8 Å². The zero-order valence-corrected chi connectivity index (χ0v) is 9.75. The van der Waals surface area contributed by atoms with Crippen LogP contribution < -0.4 is 10.4 Å². The molecule has 0 atom stereocenters. The van der Waals surface area contributed by atoms with Gasteiger partial charge in [-0.25, -0.2) is 4.79 Å². The lowest BCUT2D eigenvalue weighted by Gasteiger charge is -2.10. The summed E-state index contributed by atoms with van der Waals surface area (Å²) in [7, 11) is 1.50. The van der Waals surface area contributed by atoms with E-state index in [1.807, 2.05) is 6.07 Å². The molecule has 0 saturated carbocycles. The summed E-state index contributed by atoms with van der Waals surface area (Å²) in [6.45, 7) is 5.15. The van der Waals surface area contributed by atoms with Gasteiger partial charge in [-0.2, -0.15) is 5.26 Å². The van der Waals surface area contributed by atoms with E-state index in [2.05, 4.69) is 0 Å². The van der Waals surface area contributed by atoms with Gasteiger partial charge in [-0.05, 0) is 20.8 Å². The van der Waals surface area contributed by atoms with Gasteiger partial charge in [-0.3, -0.25) is 0 Å². The molecule has 0 aliphatic rings. The normalized spacial score (nSPS) is 11.1. The predicted octanol–water partition coefficient (Wildman–Crippen LogP) is 2.19. The summed E-state index contributed by atoms with van der Waals surface area (Å²) in [5, 5.41) is 8.56. The maximum absolute atomic E-state index is 11.5. The highest BCUT2D eigenvalue weighted by molar-refractivity contribution is 5.66. The largest absolute Gasteiger partial charge is 0.496 e. The zero-order valence-electron chi connectivity index (χ0n) is 9.75. The predicted molar refractivity (Wildman–Crippen MR) is 60.3 cm³/mol. The summed E-state index contributed by atoms with van der Waals surface area (Å²) in [6.07, 6.45) is 1.33. The van der Waals surface area contributed by atoms with Crippen LogP contribution in [0.2, 0.25) is 0 Å². The lowest BCUT2D eigenvalue weighted by atomic mass is 10.1. The van der Waals surface area contributed by atoms with Crippen LogP contribution in [0, 0.1) is 25.2 Å². The number of hydrogen-bond donors (Lipinski definition) is 0. The molecule has 0 saturated heterocycles. The quantitative estimate of drug-likeness (QED) is 0.715. The van der Waals surface area contributed by atoms with Crippen LogP contribution in [0.5, 0.6) is 5.75 Å². The van der Waals surface area contributed by atoms with Gasteiger partial charge in [0.1, 0.15) is 11.5 Å². The Labute approximate surface area is 93.8 Å². The van der Waals surface area contributed by atoms with Crippen molar-refractivity contribution in [2.75, 3.05) is 7.11 Å². The Morgan fingerprint density at radius 3 is 2.56 bits per heavy atom. The first kappa shape index (κ1) is 12.1. The molecule has 0 spiro atoms. The molecule has 0 aliphatic carbocycles. The standard InChI is InChI=1S/C12H13NO3/c1-7(5-6-13)10-8(2)11(15-4)9(3)12(14)16-10/h5H,1-4H3/b7-5+. The van der Waals surface area contributed by atoms with Gasteiger partial charge in [0.15, 0.2) is 0 Å². The number of ether oxygens (including phenoxy) is 1. The highest BCUT2D eigenvalue weighted by Gasteiger charge is 2.15. The van der Waals surface area contributed by atoms with E-state index in [9.17, 15) is 4.79 Å². The Bertz CT molecular complexity index is 532. The summed E-state index contributed by atoms with van der Waals surface area (Å²) in [5.41, 5.74) is 1.33. The van der Waals surface area contributed by atoms with E-state index in [-0.39, 0.29) is 0 Å². The van der Waals surface area contributed by atoms with Crippen molar-refractivity contribution in [3.63, 3.8) is 0 Å². The second-order valence-electron chi connectivity index (χ2n) is 3.46. The van der Waals surface area contributed by atoms with Crippen molar-refractivity contribution in [3.8, 4) is 11.8 Å². The van der Waals surface area contributed by atoms with Gasteiger partial charge in [0, 0.05) is 17.2 Å². The third-order valence-electron chi connectivity index (χ3n) is 2.37. The molecular weight excluding hydrogens is 206 g/mol. The van der Waals surface area contributed by atoms with Crippen molar-refractivity contribution >= 4 is 5.57 Å². The van der Waals surface area contributed by atoms with Crippen LogP contribution in [-0.4, -0.2) is 7.11 Å². The average Bonchev–Trinajstić information content (AvgIpc) is 2.24. The molecule has 0 aliphatic heterocycles. The third-order valence-corrected chi connectivity index (χ3v) is 2.37. The molecule has 1 heterocycles. The molecule has 4 nitrogen and oxygen atoms in total. The molecule has 4 heteroatoms. The van der Waals surface area contributed by atoms with Gasteiger partial charge in [-0.1, -0.05) is 0 Å². The zero-order chi connectivity index (χ0) is 12.3. The van der Waals surface area contributed by atoms with Crippen LogP contribution in [0.3, 0.4) is 0 Å². The first-order valence-corrected chi connectivity index (χ1v) is 4.78. The Balaban J connectivity index is 3.57. The van der Waals surface area contributed by atoms with Crippen LogP contribution in [-0.2, 0) is 0 Å². The van der Waals surface area contributed by atoms with Crippen molar-refractivity contribution in [3.05, 3.63) is 33.4 Å². The van der Waals surface area contributed by atoms with E-state index in [4.69, 9.17) is 14.4 Å². The lowest BCUT2D eigenvalue weighted by Crippen LogP contribution is -2.09. The minimum Gasteiger partial charge on any atom is -0.496 e. The van der Waals surface area contributed by atoms with E-state index < -0.39 is 5.63 Å². The van der Waals surface area contributed by atoms with Crippen molar-refractivity contribution in [2.45, 2.75) is 20.8 Å². The van der Waals surface area contributed by atoms with Crippen molar-refractivity contribution in [2.24, 2.45) is 0 Å². The highest BCUT2D eigenvalue weighted by Crippen LogP contribution is 2.27. The minimum absolute atomic E-state index is 0.397. The fourth-order valence-corrected chi connectivity index (χ4v) is 1.57. The maximum Gasteiger partial charge on any atom is 0.342 e. The number of allylic oxidation sites excluding steroid dienone is 2. The second-order valence-corrected chi connectivity index (χ2v) is 3.46. The molecule has 0 aromatic carbocycles. The first-order chi connectivity index (χ1) is 7.52. The maximum atomic E-state index is 11.5. The number of rotatable bonds is 2. The SMILES string of the molecule is COc1c(C)c(/C(C)=C/C#N)oc(=O)c1C. The monoisotopic (exact) mass is 219 g/mol. The molecule has 1 rings (SSSR count). The Morgan fingerprint density at radius 2 is 2.06 bits per heavy atom. The van der Waals surface area contributed by atoms with Gasteiger partial charge in [0.25, 0.3) is 0 Å². The van der Waals surface area contributed by atoms with Gasteiger partial charge < -0.3 is 9.15 Å². The molecule has 16 heavy (non-hydrogen) atoms. The van der Waals surface area contributed by atoms with Crippen molar-refractivity contribution in [1.29, 1.82) is 5.26 Å². The molecular formula is C12H13NO3. The molecule has 1 aromatic rings. The van der Waals surface area contributed by atoms with E-state index in [0.717, 1.165) is 5.56 Å². The second kappa shape index (κ2) is 4.67. The molecule has 0 amide bonds. The molecule has 1 aromatic heterocycles. The molecule has 0 radical (unpaired) electrons. The fourth-order valence-electron chi connectivity index (χ4n) is 1.57. The van der Waals surface area contributed by atoms with Crippen molar-refractivity contribution in [1.82, 2.24) is 0 Å². The lowest BCUT2D eigenvalue weighted by molar-refractivity contribution is 0.390. The molecule has 0 fully saturated rings. The smallest absolute Gasteiger partial charge is 0.342 e. The fraction of sp³-hybridized carbons (Fsp3) is 0.333. The van der Waals surface area contributed by atoms with Gasteiger partial charge in [0.2, 0.25) is 0 Å². The Kier molecular flexibility index (Phi) is 3.51. The number of hydrogen-bond acceptors (Lipinski definition) is 4. The summed E-state index contributed by atoms with van der Waals surface area (Å²) in [6, 6.07) is 1.90.